The van der Waals surface area contributed by atoms with Gasteiger partial charge in [0.25, 0.3) is 0 Å². The Morgan fingerprint density at radius 3 is 2.61 bits per heavy atom. The van der Waals surface area contributed by atoms with E-state index in [1.54, 1.807) is 18.3 Å². The Morgan fingerprint density at radius 2 is 2.00 bits per heavy atom. The predicted octanol–water partition coefficient (Wildman–Crippen LogP) is 1.80. The molecule has 0 aliphatic rings. The van der Waals surface area contributed by atoms with Gasteiger partial charge < -0.3 is 10.1 Å². The molecule has 0 fully saturated rings. The summed E-state index contributed by atoms with van der Waals surface area (Å²) in [5, 5.41) is 10.6. The number of ether oxygens (including phenoxy) is 1. The van der Waals surface area contributed by atoms with Crippen LogP contribution in [0.2, 0.25) is 0 Å². The lowest BCUT2D eigenvalue weighted by Gasteiger charge is -2.16. The number of rotatable bonds is 4. The molecule has 1 unspecified atom stereocenters. The number of anilines is 1. The number of carbonyl (C=O) groups is 1. The van der Waals surface area contributed by atoms with Crippen LogP contribution in [0.3, 0.4) is 0 Å². The Labute approximate surface area is 105 Å². The van der Waals surface area contributed by atoms with Gasteiger partial charge in [0.1, 0.15) is 5.82 Å². The summed E-state index contributed by atoms with van der Waals surface area (Å²) in [6.45, 7) is 0. The Balaban J connectivity index is 2.24. The van der Waals surface area contributed by atoms with Crippen LogP contribution >= 0.6 is 0 Å². The van der Waals surface area contributed by atoms with E-state index < -0.39 is 6.04 Å². The van der Waals surface area contributed by atoms with Crippen molar-refractivity contribution in [2.45, 2.75) is 6.04 Å². The summed E-state index contributed by atoms with van der Waals surface area (Å²) in [5.74, 6) is 0.156. The highest BCUT2D eigenvalue weighted by Gasteiger charge is 2.21. The Kier molecular flexibility index (Phi) is 3.86. The second-order valence-corrected chi connectivity index (χ2v) is 3.62. The van der Waals surface area contributed by atoms with Gasteiger partial charge in [-0.05, 0) is 17.7 Å². The number of carbonyl (C=O) groups excluding carboxylic acids is 1. The molecular weight excluding hydrogens is 230 g/mol. The topological polar surface area (TPSA) is 64.1 Å². The maximum Gasteiger partial charge on any atom is 0.333 e. The SMILES string of the molecule is COC(=O)C(Nc1cccnn1)c1ccccc1. The highest BCUT2D eigenvalue weighted by molar-refractivity contribution is 5.80. The largest absolute Gasteiger partial charge is 0.467 e. The van der Waals surface area contributed by atoms with E-state index in [1.807, 2.05) is 30.3 Å². The molecule has 18 heavy (non-hydrogen) atoms. The lowest BCUT2D eigenvalue weighted by Crippen LogP contribution is -2.22. The maximum absolute atomic E-state index is 11.8. The number of hydrogen-bond donors (Lipinski definition) is 1. The lowest BCUT2D eigenvalue weighted by molar-refractivity contribution is -0.141. The van der Waals surface area contributed by atoms with E-state index in [-0.39, 0.29) is 5.97 Å². The van der Waals surface area contributed by atoms with Crippen molar-refractivity contribution >= 4 is 11.8 Å². The first-order valence-corrected chi connectivity index (χ1v) is 5.48. The van der Waals surface area contributed by atoms with E-state index in [0.29, 0.717) is 5.82 Å². The molecule has 0 aliphatic carbocycles. The van der Waals surface area contributed by atoms with Gasteiger partial charge in [-0.25, -0.2) is 4.79 Å². The van der Waals surface area contributed by atoms with Gasteiger partial charge in [-0.1, -0.05) is 30.3 Å². The zero-order valence-electron chi connectivity index (χ0n) is 9.91. The standard InChI is InChI=1S/C13H13N3O2/c1-18-13(17)12(10-6-3-2-4-7-10)15-11-8-5-9-14-16-11/h2-9,12H,1H3,(H,15,16). The summed E-state index contributed by atoms with van der Waals surface area (Å²) >= 11 is 0. The van der Waals surface area contributed by atoms with Crippen molar-refractivity contribution in [1.82, 2.24) is 10.2 Å². The molecule has 0 aliphatic heterocycles. The van der Waals surface area contributed by atoms with Crippen LogP contribution in [0.5, 0.6) is 0 Å². The van der Waals surface area contributed by atoms with Crippen LogP contribution in [-0.4, -0.2) is 23.3 Å². The van der Waals surface area contributed by atoms with Crippen LogP contribution in [0.4, 0.5) is 5.82 Å². The minimum absolute atomic E-state index is 0.369. The van der Waals surface area contributed by atoms with E-state index in [4.69, 9.17) is 4.74 Å². The third-order valence-corrected chi connectivity index (χ3v) is 2.43. The van der Waals surface area contributed by atoms with Gasteiger partial charge in [-0.15, -0.1) is 5.10 Å². The van der Waals surface area contributed by atoms with Crippen LogP contribution in [0.25, 0.3) is 0 Å². The monoisotopic (exact) mass is 243 g/mol. The molecule has 2 aromatic rings. The fourth-order valence-electron chi connectivity index (χ4n) is 1.57. The number of nitrogens with zero attached hydrogens (tertiary/aromatic N) is 2. The number of aromatic nitrogens is 2. The minimum Gasteiger partial charge on any atom is -0.467 e. The molecule has 0 amide bonds. The Bertz CT molecular complexity index is 502. The fourth-order valence-corrected chi connectivity index (χ4v) is 1.57. The summed E-state index contributed by atoms with van der Waals surface area (Å²) in [6, 6.07) is 12.2. The Hall–Kier alpha value is -2.43. The van der Waals surface area contributed by atoms with Crippen LogP contribution in [0.1, 0.15) is 11.6 Å². The van der Waals surface area contributed by atoms with Crippen LogP contribution in [0.15, 0.2) is 48.7 Å². The van der Waals surface area contributed by atoms with Crippen molar-refractivity contribution < 1.29 is 9.53 Å². The van der Waals surface area contributed by atoms with Crippen LogP contribution in [-0.2, 0) is 9.53 Å². The minimum atomic E-state index is -0.590. The summed E-state index contributed by atoms with van der Waals surface area (Å²) < 4.78 is 4.79. The van der Waals surface area contributed by atoms with E-state index in [9.17, 15) is 4.79 Å². The fraction of sp³-hybridized carbons (Fsp3) is 0.154. The highest BCUT2D eigenvalue weighted by Crippen LogP contribution is 2.18. The Morgan fingerprint density at radius 1 is 1.22 bits per heavy atom. The first kappa shape index (κ1) is 12.0. The predicted molar refractivity (Wildman–Crippen MR) is 66.9 cm³/mol. The van der Waals surface area contributed by atoms with Crippen molar-refractivity contribution in [2.24, 2.45) is 0 Å². The van der Waals surface area contributed by atoms with Crippen LogP contribution in [0, 0.1) is 0 Å². The van der Waals surface area contributed by atoms with Gasteiger partial charge in [-0.3, -0.25) is 0 Å². The first-order chi connectivity index (χ1) is 8.81. The van der Waals surface area contributed by atoms with Gasteiger partial charge in [0, 0.05) is 6.20 Å². The molecule has 1 heterocycles. The first-order valence-electron chi connectivity index (χ1n) is 5.48. The van der Waals surface area contributed by atoms with Crippen molar-refractivity contribution in [1.29, 1.82) is 0 Å². The van der Waals surface area contributed by atoms with Gasteiger partial charge in [0.05, 0.1) is 7.11 Å². The molecule has 0 spiro atoms. The quantitative estimate of drug-likeness (QED) is 0.829. The molecule has 1 N–H and O–H groups in total. The zero-order chi connectivity index (χ0) is 12.8. The van der Waals surface area contributed by atoms with E-state index >= 15 is 0 Å². The van der Waals surface area contributed by atoms with Gasteiger partial charge in [-0.2, -0.15) is 5.10 Å². The lowest BCUT2D eigenvalue weighted by atomic mass is 10.1. The molecule has 1 aromatic carbocycles. The smallest absolute Gasteiger partial charge is 0.333 e. The van der Waals surface area contributed by atoms with Crippen molar-refractivity contribution in [3.8, 4) is 0 Å². The molecule has 0 radical (unpaired) electrons. The van der Waals surface area contributed by atoms with Gasteiger partial charge >= 0.3 is 5.97 Å². The number of methoxy groups -OCH3 is 1. The molecule has 5 heteroatoms. The summed E-state index contributed by atoms with van der Waals surface area (Å²) in [5.41, 5.74) is 0.815. The normalized spacial score (nSPS) is 11.6. The second-order valence-electron chi connectivity index (χ2n) is 3.62. The molecule has 5 nitrogen and oxygen atoms in total. The summed E-state index contributed by atoms with van der Waals surface area (Å²) in [4.78, 5) is 11.8. The molecule has 2 rings (SSSR count). The molecule has 1 atom stereocenters. The molecule has 92 valence electrons. The van der Waals surface area contributed by atoms with Gasteiger partial charge in [0.2, 0.25) is 0 Å². The summed E-state index contributed by atoms with van der Waals surface area (Å²) in [7, 11) is 1.36. The third kappa shape index (κ3) is 2.82. The third-order valence-electron chi connectivity index (χ3n) is 2.43. The second kappa shape index (κ2) is 5.77. The highest BCUT2D eigenvalue weighted by atomic mass is 16.5. The number of nitrogens with one attached hydrogen (secondary N) is 1. The van der Waals surface area contributed by atoms with Crippen LogP contribution < -0.4 is 5.32 Å². The van der Waals surface area contributed by atoms with Gasteiger partial charge in [0.15, 0.2) is 6.04 Å². The van der Waals surface area contributed by atoms with Crippen molar-refractivity contribution in [2.75, 3.05) is 12.4 Å². The number of hydrogen-bond acceptors (Lipinski definition) is 5. The maximum atomic E-state index is 11.8. The summed E-state index contributed by atoms with van der Waals surface area (Å²) in [6.07, 6.45) is 1.57. The van der Waals surface area contributed by atoms with E-state index in [0.717, 1.165) is 5.56 Å². The zero-order valence-corrected chi connectivity index (χ0v) is 9.91. The molecule has 1 aromatic heterocycles. The molecule has 0 saturated carbocycles. The average Bonchev–Trinajstić information content (AvgIpc) is 2.46. The molecule has 0 saturated heterocycles. The van der Waals surface area contributed by atoms with E-state index in [1.165, 1.54) is 7.11 Å². The average molecular weight is 243 g/mol. The molecular formula is C13H13N3O2. The number of esters is 1. The molecule has 0 bridgehead atoms. The van der Waals surface area contributed by atoms with Crippen molar-refractivity contribution in [3.05, 3.63) is 54.2 Å². The number of benzene rings is 1. The van der Waals surface area contributed by atoms with Crippen molar-refractivity contribution in [3.63, 3.8) is 0 Å². The van der Waals surface area contributed by atoms with E-state index in [2.05, 4.69) is 15.5 Å².